The number of hydrogen-bond acceptors (Lipinski definition) is 6. The number of carbonyl (C=O) groups is 3. The van der Waals surface area contributed by atoms with Gasteiger partial charge in [-0.05, 0) is 19.3 Å². The number of carbonyl (C=O) groups excluding carboxylic acids is 3. The molecule has 446 valence electrons. The number of hydrogen-bond donors (Lipinski definition) is 0. The van der Waals surface area contributed by atoms with E-state index in [2.05, 4.69) is 20.8 Å². The van der Waals surface area contributed by atoms with Gasteiger partial charge in [-0.1, -0.05) is 367 Å². The molecule has 0 aromatic carbocycles. The molecule has 0 bridgehead atoms. The van der Waals surface area contributed by atoms with Crippen LogP contribution in [0.2, 0.25) is 0 Å². The molecule has 0 rings (SSSR count). The largest absolute Gasteiger partial charge is 0.462 e. The zero-order chi connectivity index (χ0) is 54.3. The second kappa shape index (κ2) is 64.9. The monoisotopic (exact) mass is 1060 g/mol. The Balaban J connectivity index is 4.00. The van der Waals surface area contributed by atoms with Crippen molar-refractivity contribution < 1.29 is 28.6 Å². The number of esters is 3. The van der Waals surface area contributed by atoms with Crippen LogP contribution in [0.5, 0.6) is 0 Å². The van der Waals surface area contributed by atoms with E-state index in [1.54, 1.807) is 0 Å². The maximum absolute atomic E-state index is 12.9. The van der Waals surface area contributed by atoms with Crippen LogP contribution in [0.15, 0.2) is 0 Å². The minimum Gasteiger partial charge on any atom is -0.462 e. The van der Waals surface area contributed by atoms with E-state index in [4.69, 9.17) is 14.2 Å². The third-order valence-electron chi connectivity index (χ3n) is 16.1. The van der Waals surface area contributed by atoms with Crippen LogP contribution in [0.3, 0.4) is 0 Å². The molecule has 6 heteroatoms. The predicted molar refractivity (Wildman–Crippen MR) is 326 cm³/mol. The summed E-state index contributed by atoms with van der Waals surface area (Å²) < 4.78 is 16.9. The molecule has 1 unspecified atom stereocenters. The molecule has 75 heavy (non-hydrogen) atoms. The summed E-state index contributed by atoms with van der Waals surface area (Å²) in [5.41, 5.74) is 0. The number of unbranched alkanes of at least 4 members (excludes halogenated alkanes) is 54. The Kier molecular flexibility index (Phi) is 63.6. The molecule has 0 amide bonds. The Morgan fingerprint density at radius 2 is 0.360 bits per heavy atom. The van der Waals surface area contributed by atoms with Gasteiger partial charge in [-0.25, -0.2) is 0 Å². The van der Waals surface area contributed by atoms with Crippen molar-refractivity contribution in [1.29, 1.82) is 0 Å². The van der Waals surface area contributed by atoms with Crippen LogP contribution in [-0.4, -0.2) is 37.2 Å². The van der Waals surface area contributed by atoms with Crippen LogP contribution in [0.4, 0.5) is 0 Å². The molecule has 0 aliphatic heterocycles. The maximum Gasteiger partial charge on any atom is 0.306 e. The van der Waals surface area contributed by atoms with Gasteiger partial charge in [0.15, 0.2) is 6.10 Å². The normalized spacial score (nSPS) is 11.9. The molecule has 0 aromatic rings. The van der Waals surface area contributed by atoms with E-state index < -0.39 is 6.10 Å². The van der Waals surface area contributed by atoms with Crippen molar-refractivity contribution in [2.75, 3.05) is 13.2 Å². The first-order valence-electron chi connectivity index (χ1n) is 34.5. The van der Waals surface area contributed by atoms with E-state index in [1.807, 2.05) is 0 Å². The van der Waals surface area contributed by atoms with E-state index in [0.29, 0.717) is 19.3 Å². The summed E-state index contributed by atoms with van der Waals surface area (Å²) in [5.74, 6) is -0.832. The summed E-state index contributed by atoms with van der Waals surface area (Å²) >= 11 is 0. The van der Waals surface area contributed by atoms with Crippen molar-refractivity contribution in [2.24, 2.45) is 0 Å². The Bertz CT molecular complexity index is 1120. The third kappa shape index (κ3) is 63.1. The van der Waals surface area contributed by atoms with E-state index in [1.165, 1.54) is 308 Å². The molecule has 0 radical (unpaired) electrons. The number of ether oxygens (including phenoxy) is 3. The lowest BCUT2D eigenvalue weighted by Crippen LogP contribution is -2.30. The van der Waals surface area contributed by atoms with Gasteiger partial charge in [0.1, 0.15) is 13.2 Å². The molecular weight excluding hydrogens is 925 g/mol. The molecular formula is C69H134O6. The van der Waals surface area contributed by atoms with E-state index in [-0.39, 0.29) is 31.1 Å². The SMILES string of the molecule is CCCCCCCCCCCCCCCCCCCCCCCCCCCCCCCCC(=O)OCC(COC(=O)CCCCCCCCCC)OC(=O)CCCCCCCCCCCCCCCCCCCCC. The van der Waals surface area contributed by atoms with Gasteiger partial charge in [-0.2, -0.15) is 0 Å². The summed E-state index contributed by atoms with van der Waals surface area (Å²) in [4.78, 5) is 38.2. The van der Waals surface area contributed by atoms with E-state index in [0.717, 1.165) is 57.8 Å². The van der Waals surface area contributed by atoms with Crippen molar-refractivity contribution >= 4 is 17.9 Å². The highest BCUT2D eigenvalue weighted by Crippen LogP contribution is 2.19. The third-order valence-corrected chi connectivity index (χ3v) is 16.1. The van der Waals surface area contributed by atoms with Crippen molar-refractivity contribution in [3.8, 4) is 0 Å². The molecule has 0 N–H and O–H groups in total. The van der Waals surface area contributed by atoms with Gasteiger partial charge in [-0.3, -0.25) is 14.4 Å². The lowest BCUT2D eigenvalue weighted by Gasteiger charge is -2.18. The van der Waals surface area contributed by atoms with E-state index in [9.17, 15) is 14.4 Å². The van der Waals surface area contributed by atoms with Crippen LogP contribution < -0.4 is 0 Å². The van der Waals surface area contributed by atoms with Crippen LogP contribution in [0.1, 0.15) is 406 Å². The van der Waals surface area contributed by atoms with Crippen LogP contribution >= 0.6 is 0 Å². The second-order valence-corrected chi connectivity index (χ2v) is 23.8. The first-order chi connectivity index (χ1) is 37.0. The fourth-order valence-electron chi connectivity index (χ4n) is 10.9. The summed E-state index contributed by atoms with van der Waals surface area (Å²) in [5, 5.41) is 0. The quantitative estimate of drug-likeness (QED) is 0.0343. The zero-order valence-electron chi connectivity index (χ0n) is 51.4. The fourth-order valence-corrected chi connectivity index (χ4v) is 10.9. The molecule has 0 fully saturated rings. The number of rotatable bonds is 65. The maximum atomic E-state index is 12.9. The van der Waals surface area contributed by atoms with Gasteiger partial charge in [0, 0.05) is 19.3 Å². The standard InChI is InChI=1S/C69H134O6/c1-4-7-10-13-16-19-21-23-25-27-29-30-31-32-33-34-35-36-37-38-39-41-42-44-46-48-50-53-56-59-62-68(71)74-65-66(64-73-67(70)61-58-55-52-18-15-12-9-6-3)75-69(72)63-60-57-54-51-49-47-45-43-40-28-26-24-22-20-17-14-11-8-5-2/h66H,4-65H2,1-3H3. The van der Waals surface area contributed by atoms with Crippen molar-refractivity contribution in [3.63, 3.8) is 0 Å². The van der Waals surface area contributed by atoms with Gasteiger partial charge in [-0.15, -0.1) is 0 Å². The average molecular weight is 1060 g/mol. The molecule has 0 spiro atoms. The van der Waals surface area contributed by atoms with Gasteiger partial charge in [0.2, 0.25) is 0 Å². The van der Waals surface area contributed by atoms with Gasteiger partial charge < -0.3 is 14.2 Å². The molecule has 0 aliphatic carbocycles. The van der Waals surface area contributed by atoms with Crippen molar-refractivity contribution in [3.05, 3.63) is 0 Å². The van der Waals surface area contributed by atoms with Gasteiger partial charge >= 0.3 is 17.9 Å². The summed E-state index contributed by atoms with van der Waals surface area (Å²) in [6, 6.07) is 0. The molecule has 6 nitrogen and oxygen atoms in total. The lowest BCUT2D eigenvalue weighted by molar-refractivity contribution is -0.167. The predicted octanol–water partition coefficient (Wildman–Crippen LogP) is 23.5. The molecule has 0 aliphatic rings. The summed E-state index contributed by atoms with van der Waals surface area (Å²) in [6.45, 7) is 6.70. The van der Waals surface area contributed by atoms with Gasteiger partial charge in [0.25, 0.3) is 0 Å². The molecule has 0 saturated carbocycles. The molecule has 0 aromatic heterocycles. The van der Waals surface area contributed by atoms with Crippen molar-refractivity contribution in [2.45, 2.75) is 412 Å². The highest BCUT2D eigenvalue weighted by molar-refractivity contribution is 5.71. The first-order valence-corrected chi connectivity index (χ1v) is 34.5. The highest BCUT2D eigenvalue weighted by atomic mass is 16.6. The smallest absolute Gasteiger partial charge is 0.306 e. The van der Waals surface area contributed by atoms with Crippen LogP contribution in [-0.2, 0) is 28.6 Å². The Labute approximate surface area is 469 Å². The minimum absolute atomic E-state index is 0.0611. The summed E-state index contributed by atoms with van der Waals surface area (Å²) in [7, 11) is 0. The fraction of sp³-hybridized carbons (Fsp3) is 0.957. The van der Waals surface area contributed by atoms with E-state index >= 15 is 0 Å². The topological polar surface area (TPSA) is 78.9 Å². The Hall–Kier alpha value is -1.59. The average Bonchev–Trinajstić information content (AvgIpc) is 3.41. The molecule has 0 saturated heterocycles. The summed E-state index contributed by atoms with van der Waals surface area (Å²) in [6.07, 6.45) is 75.9. The van der Waals surface area contributed by atoms with Gasteiger partial charge in [0.05, 0.1) is 0 Å². The second-order valence-electron chi connectivity index (χ2n) is 23.8. The highest BCUT2D eigenvalue weighted by Gasteiger charge is 2.19. The lowest BCUT2D eigenvalue weighted by atomic mass is 10.0. The zero-order valence-corrected chi connectivity index (χ0v) is 51.4. The Morgan fingerprint density at radius 1 is 0.213 bits per heavy atom. The molecule has 1 atom stereocenters. The van der Waals surface area contributed by atoms with Crippen molar-refractivity contribution in [1.82, 2.24) is 0 Å². The van der Waals surface area contributed by atoms with Crippen LogP contribution in [0, 0.1) is 0 Å². The minimum atomic E-state index is -0.761. The Morgan fingerprint density at radius 3 is 0.533 bits per heavy atom. The van der Waals surface area contributed by atoms with Crippen LogP contribution in [0.25, 0.3) is 0 Å². The molecule has 0 heterocycles. The first kappa shape index (κ1) is 73.4.